The SMILES string of the molecule is O=C(NC(C[C@H](O)C(Cc1ccccc1)NC(=O)c1ccc(F)cc1O)C1CCCCC1)c1cccc(Oc2ccccc2)c1. The average molecular weight is 611 g/mol. The quantitative estimate of drug-likeness (QED) is 0.141. The molecule has 0 spiro atoms. The van der Waals surface area contributed by atoms with Crippen LogP contribution in [0.1, 0.15) is 64.8 Å². The van der Waals surface area contributed by atoms with Crippen molar-refractivity contribution in [2.45, 2.75) is 63.1 Å². The van der Waals surface area contributed by atoms with E-state index in [1.165, 1.54) is 6.07 Å². The van der Waals surface area contributed by atoms with Crippen molar-refractivity contribution in [3.8, 4) is 17.2 Å². The number of phenolic OH excluding ortho intramolecular Hbond substituents is 1. The highest BCUT2D eigenvalue weighted by atomic mass is 19.1. The second-order valence-corrected chi connectivity index (χ2v) is 11.7. The van der Waals surface area contributed by atoms with Crippen molar-refractivity contribution in [2.24, 2.45) is 5.92 Å². The fourth-order valence-electron chi connectivity index (χ4n) is 6.00. The topological polar surface area (TPSA) is 108 Å². The van der Waals surface area contributed by atoms with Crippen LogP contribution in [-0.4, -0.2) is 40.2 Å². The van der Waals surface area contributed by atoms with Gasteiger partial charge >= 0.3 is 0 Å². The highest BCUT2D eigenvalue weighted by Gasteiger charge is 2.32. The number of aliphatic hydroxyl groups is 1. The van der Waals surface area contributed by atoms with Gasteiger partial charge in [0.1, 0.15) is 23.1 Å². The van der Waals surface area contributed by atoms with E-state index < -0.39 is 29.6 Å². The maximum Gasteiger partial charge on any atom is 0.255 e. The zero-order valence-corrected chi connectivity index (χ0v) is 25.1. The van der Waals surface area contributed by atoms with Gasteiger partial charge in [-0.05, 0) is 79.6 Å². The Morgan fingerprint density at radius 2 is 1.49 bits per heavy atom. The molecular formula is C37H39FN2O5. The number of aromatic hydroxyl groups is 1. The van der Waals surface area contributed by atoms with E-state index in [9.17, 15) is 24.2 Å². The predicted octanol–water partition coefficient (Wildman–Crippen LogP) is 6.79. The minimum Gasteiger partial charge on any atom is -0.507 e. The number of phenols is 1. The molecule has 0 aromatic heterocycles. The van der Waals surface area contributed by atoms with Crippen LogP contribution in [0.4, 0.5) is 4.39 Å². The molecule has 4 aromatic rings. The van der Waals surface area contributed by atoms with Crippen LogP contribution in [-0.2, 0) is 6.42 Å². The van der Waals surface area contributed by atoms with E-state index in [2.05, 4.69) is 10.6 Å². The lowest BCUT2D eigenvalue weighted by Crippen LogP contribution is -2.50. The smallest absolute Gasteiger partial charge is 0.255 e. The molecule has 3 atom stereocenters. The van der Waals surface area contributed by atoms with Gasteiger partial charge in [-0.3, -0.25) is 9.59 Å². The molecule has 7 nitrogen and oxygen atoms in total. The normalized spacial score (nSPS) is 15.4. The summed E-state index contributed by atoms with van der Waals surface area (Å²) in [5, 5.41) is 27.9. The van der Waals surface area contributed by atoms with Gasteiger partial charge in [0.2, 0.25) is 0 Å². The summed E-state index contributed by atoms with van der Waals surface area (Å²) in [7, 11) is 0. The first kappa shape index (κ1) is 31.7. The number of para-hydroxylation sites is 1. The summed E-state index contributed by atoms with van der Waals surface area (Å²) in [5.41, 5.74) is 1.26. The number of ether oxygens (including phenoxy) is 1. The molecule has 2 unspecified atom stereocenters. The molecule has 0 saturated heterocycles. The fraction of sp³-hybridized carbons (Fsp3) is 0.297. The van der Waals surface area contributed by atoms with Crippen LogP contribution in [0.5, 0.6) is 17.2 Å². The number of carbonyl (C=O) groups excluding carboxylic acids is 2. The van der Waals surface area contributed by atoms with Gasteiger partial charge in [-0.25, -0.2) is 4.39 Å². The second-order valence-electron chi connectivity index (χ2n) is 11.7. The molecule has 5 rings (SSSR count). The molecular weight excluding hydrogens is 571 g/mol. The molecule has 234 valence electrons. The van der Waals surface area contributed by atoms with Gasteiger partial charge in [0.25, 0.3) is 11.8 Å². The number of amides is 2. The number of halogens is 1. The van der Waals surface area contributed by atoms with Crippen LogP contribution < -0.4 is 15.4 Å². The van der Waals surface area contributed by atoms with E-state index in [0.717, 1.165) is 49.8 Å². The van der Waals surface area contributed by atoms with Crippen molar-refractivity contribution >= 4 is 11.8 Å². The molecule has 4 aromatic carbocycles. The fourth-order valence-corrected chi connectivity index (χ4v) is 6.00. The van der Waals surface area contributed by atoms with Crippen molar-refractivity contribution in [3.05, 3.63) is 126 Å². The molecule has 0 bridgehead atoms. The lowest BCUT2D eigenvalue weighted by molar-refractivity contribution is 0.0688. The lowest BCUT2D eigenvalue weighted by atomic mass is 9.80. The van der Waals surface area contributed by atoms with E-state index in [1.54, 1.807) is 24.3 Å². The first-order valence-corrected chi connectivity index (χ1v) is 15.5. The van der Waals surface area contributed by atoms with Gasteiger partial charge < -0.3 is 25.6 Å². The molecule has 1 aliphatic carbocycles. The molecule has 2 amide bonds. The number of benzene rings is 4. The summed E-state index contributed by atoms with van der Waals surface area (Å²) in [6.07, 6.45) is 4.57. The first-order valence-electron chi connectivity index (χ1n) is 15.5. The van der Waals surface area contributed by atoms with Crippen LogP contribution in [0.25, 0.3) is 0 Å². The van der Waals surface area contributed by atoms with Crippen LogP contribution in [0.2, 0.25) is 0 Å². The Bertz CT molecular complexity index is 1560. The second kappa shape index (κ2) is 15.3. The highest BCUT2D eigenvalue weighted by molar-refractivity contribution is 5.97. The largest absolute Gasteiger partial charge is 0.507 e. The van der Waals surface area contributed by atoms with Crippen LogP contribution in [0.15, 0.2) is 103 Å². The lowest BCUT2D eigenvalue weighted by Gasteiger charge is -2.34. The van der Waals surface area contributed by atoms with Crippen LogP contribution in [0, 0.1) is 11.7 Å². The Kier molecular flexibility index (Phi) is 10.8. The third-order valence-corrected chi connectivity index (χ3v) is 8.39. The van der Waals surface area contributed by atoms with E-state index in [0.29, 0.717) is 23.5 Å². The van der Waals surface area contributed by atoms with Gasteiger partial charge in [0.15, 0.2) is 0 Å². The summed E-state index contributed by atoms with van der Waals surface area (Å²) in [5.74, 6) is -0.664. The molecule has 1 aliphatic rings. The Morgan fingerprint density at radius 1 is 0.800 bits per heavy atom. The number of hydrogen-bond acceptors (Lipinski definition) is 5. The van der Waals surface area contributed by atoms with E-state index >= 15 is 0 Å². The Balaban J connectivity index is 1.34. The third kappa shape index (κ3) is 8.92. The monoisotopic (exact) mass is 610 g/mol. The van der Waals surface area contributed by atoms with E-state index in [-0.39, 0.29) is 29.9 Å². The van der Waals surface area contributed by atoms with Crippen molar-refractivity contribution < 1.29 is 28.9 Å². The number of rotatable bonds is 12. The minimum absolute atomic E-state index is 0.0867. The number of hydrogen-bond donors (Lipinski definition) is 4. The van der Waals surface area contributed by atoms with Crippen molar-refractivity contribution in [1.82, 2.24) is 10.6 Å². The molecule has 45 heavy (non-hydrogen) atoms. The van der Waals surface area contributed by atoms with E-state index in [1.807, 2.05) is 60.7 Å². The summed E-state index contributed by atoms with van der Waals surface area (Å²) < 4.78 is 19.5. The zero-order valence-electron chi connectivity index (χ0n) is 25.1. The first-order chi connectivity index (χ1) is 21.9. The Morgan fingerprint density at radius 3 is 2.20 bits per heavy atom. The average Bonchev–Trinajstić information content (AvgIpc) is 3.05. The van der Waals surface area contributed by atoms with Gasteiger partial charge in [-0.15, -0.1) is 0 Å². The van der Waals surface area contributed by atoms with Gasteiger partial charge in [0, 0.05) is 17.7 Å². The summed E-state index contributed by atoms with van der Waals surface area (Å²) in [6.45, 7) is 0. The Labute approximate surface area is 263 Å². The summed E-state index contributed by atoms with van der Waals surface area (Å²) >= 11 is 0. The molecule has 0 radical (unpaired) electrons. The maximum atomic E-state index is 13.6. The third-order valence-electron chi connectivity index (χ3n) is 8.39. The molecule has 8 heteroatoms. The predicted molar refractivity (Wildman–Crippen MR) is 171 cm³/mol. The van der Waals surface area contributed by atoms with Gasteiger partial charge in [0.05, 0.1) is 17.7 Å². The van der Waals surface area contributed by atoms with Gasteiger partial charge in [-0.2, -0.15) is 0 Å². The molecule has 0 heterocycles. The van der Waals surface area contributed by atoms with Crippen molar-refractivity contribution in [1.29, 1.82) is 0 Å². The number of carbonyl (C=O) groups is 2. The molecule has 1 saturated carbocycles. The Hall–Kier alpha value is -4.69. The van der Waals surface area contributed by atoms with Crippen molar-refractivity contribution in [2.75, 3.05) is 0 Å². The highest BCUT2D eigenvalue weighted by Crippen LogP contribution is 2.30. The van der Waals surface area contributed by atoms with E-state index in [4.69, 9.17) is 4.74 Å². The van der Waals surface area contributed by atoms with Crippen LogP contribution in [0.3, 0.4) is 0 Å². The van der Waals surface area contributed by atoms with Gasteiger partial charge in [-0.1, -0.05) is 73.9 Å². The zero-order chi connectivity index (χ0) is 31.6. The number of nitrogens with one attached hydrogen (secondary N) is 2. The molecule has 0 aliphatic heterocycles. The maximum absolute atomic E-state index is 13.6. The minimum atomic E-state index is -1.03. The molecule has 4 N–H and O–H groups in total. The summed E-state index contributed by atoms with van der Waals surface area (Å²) in [6, 6.07) is 27.9. The van der Waals surface area contributed by atoms with Crippen LogP contribution >= 0.6 is 0 Å². The van der Waals surface area contributed by atoms with Crippen molar-refractivity contribution in [3.63, 3.8) is 0 Å². The number of aliphatic hydroxyl groups excluding tert-OH is 1. The standard InChI is InChI=1S/C37H39FN2O5/c38-28-19-20-31(34(41)23-28)37(44)40-33(21-25-11-4-1-5-12-25)35(42)24-32(26-13-6-2-7-14-26)39-36(43)27-15-10-18-30(22-27)45-29-16-8-3-9-17-29/h1,3-5,8-12,15-20,22-23,26,32-33,35,41-42H,2,6-7,13-14,21,24H2,(H,39,43)(H,40,44)/t32?,33?,35-/m0/s1. The molecule has 1 fully saturated rings. The summed E-state index contributed by atoms with van der Waals surface area (Å²) in [4.78, 5) is 26.8.